The predicted octanol–water partition coefficient (Wildman–Crippen LogP) is 3.43. The van der Waals surface area contributed by atoms with E-state index in [2.05, 4.69) is 5.32 Å². The van der Waals surface area contributed by atoms with Crippen LogP contribution >= 0.6 is 0 Å². The molecule has 0 saturated carbocycles. The van der Waals surface area contributed by atoms with Crippen molar-refractivity contribution < 1.29 is 13.2 Å². The smallest absolute Gasteiger partial charge is 0.161 e. The Hall–Kier alpha value is -2.17. The molecular weight excluding hydrogens is 229 g/mol. The highest BCUT2D eigenvalue weighted by Gasteiger charge is 2.09. The molecule has 2 nitrogen and oxygen atoms in total. The number of hydrogen-bond donors (Lipinski definition) is 2. The van der Waals surface area contributed by atoms with Crippen LogP contribution in [0.4, 0.5) is 30.2 Å². The van der Waals surface area contributed by atoms with Crippen LogP contribution in [0.2, 0.25) is 0 Å². The van der Waals surface area contributed by atoms with E-state index in [1.54, 1.807) is 24.3 Å². The van der Waals surface area contributed by atoms with Gasteiger partial charge in [-0.05, 0) is 24.3 Å². The lowest BCUT2D eigenvalue weighted by molar-refractivity contribution is 0.496. The summed E-state index contributed by atoms with van der Waals surface area (Å²) in [7, 11) is 0. The van der Waals surface area contributed by atoms with Gasteiger partial charge in [-0.1, -0.05) is 0 Å². The summed E-state index contributed by atoms with van der Waals surface area (Å²) < 4.78 is 38.9. The first kappa shape index (κ1) is 11.3. The van der Waals surface area contributed by atoms with Crippen LogP contribution in [0.3, 0.4) is 0 Å². The molecule has 17 heavy (non-hydrogen) atoms. The van der Waals surface area contributed by atoms with Crippen LogP contribution in [0.5, 0.6) is 0 Å². The zero-order valence-electron chi connectivity index (χ0n) is 8.68. The molecule has 0 aliphatic carbocycles. The molecule has 0 radical (unpaired) electrons. The molecule has 2 aromatic carbocycles. The number of nitrogens with one attached hydrogen (secondary N) is 1. The second kappa shape index (κ2) is 4.37. The van der Waals surface area contributed by atoms with E-state index in [0.29, 0.717) is 17.4 Å². The fourth-order valence-electron chi connectivity index (χ4n) is 1.34. The second-order valence-corrected chi connectivity index (χ2v) is 3.49. The summed E-state index contributed by atoms with van der Waals surface area (Å²) in [5.74, 6) is -3.18. The van der Waals surface area contributed by atoms with Crippen molar-refractivity contribution in [2.75, 3.05) is 11.1 Å². The molecule has 0 atom stereocenters. The first-order chi connectivity index (χ1) is 8.06. The molecule has 0 aromatic heterocycles. The zero-order valence-corrected chi connectivity index (χ0v) is 8.68. The number of anilines is 3. The number of halogens is 3. The van der Waals surface area contributed by atoms with Gasteiger partial charge < -0.3 is 11.1 Å². The molecule has 88 valence electrons. The van der Waals surface area contributed by atoms with Crippen LogP contribution in [0.15, 0.2) is 36.4 Å². The van der Waals surface area contributed by atoms with Gasteiger partial charge in [-0.25, -0.2) is 13.2 Å². The average molecular weight is 238 g/mol. The Bertz CT molecular complexity index is 538. The quantitative estimate of drug-likeness (QED) is 0.621. The number of rotatable bonds is 2. The molecule has 0 amide bonds. The summed E-state index contributed by atoms with van der Waals surface area (Å²) in [6.45, 7) is 0. The topological polar surface area (TPSA) is 38.0 Å². The second-order valence-electron chi connectivity index (χ2n) is 3.49. The molecule has 0 bridgehead atoms. The fourth-order valence-corrected chi connectivity index (χ4v) is 1.34. The maximum absolute atomic E-state index is 13.3. The highest BCUT2D eigenvalue weighted by Crippen LogP contribution is 2.23. The van der Waals surface area contributed by atoms with Gasteiger partial charge in [0, 0.05) is 23.5 Å². The summed E-state index contributed by atoms with van der Waals surface area (Å²) in [6, 6.07) is 7.70. The normalized spacial score (nSPS) is 10.3. The molecule has 3 N–H and O–H groups in total. The molecule has 0 unspecified atom stereocenters. The lowest BCUT2D eigenvalue weighted by atomic mass is 10.2. The van der Waals surface area contributed by atoms with Crippen LogP contribution in [0.25, 0.3) is 0 Å². The third-order valence-corrected chi connectivity index (χ3v) is 2.20. The van der Waals surface area contributed by atoms with Crippen LogP contribution in [0, 0.1) is 17.5 Å². The Morgan fingerprint density at radius 3 is 2.06 bits per heavy atom. The Kier molecular flexibility index (Phi) is 2.91. The number of nitrogen functional groups attached to an aromatic ring is 1. The van der Waals surface area contributed by atoms with E-state index >= 15 is 0 Å². The van der Waals surface area contributed by atoms with E-state index in [4.69, 9.17) is 5.73 Å². The summed E-state index contributed by atoms with van der Waals surface area (Å²) >= 11 is 0. The molecule has 5 heteroatoms. The minimum Gasteiger partial charge on any atom is -0.399 e. The third-order valence-electron chi connectivity index (χ3n) is 2.20. The molecule has 0 aliphatic heterocycles. The van der Waals surface area contributed by atoms with Crippen LogP contribution in [0.1, 0.15) is 0 Å². The van der Waals surface area contributed by atoms with Crippen molar-refractivity contribution in [3.05, 3.63) is 53.8 Å². The van der Waals surface area contributed by atoms with E-state index in [9.17, 15) is 13.2 Å². The van der Waals surface area contributed by atoms with Crippen molar-refractivity contribution in [2.24, 2.45) is 0 Å². The Labute approximate surface area is 95.9 Å². The van der Waals surface area contributed by atoms with Crippen LogP contribution in [-0.4, -0.2) is 0 Å². The first-order valence-electron chi connectivity index (χ1n) is 4.83. The monoisotopic (exact) mass is 238 g/mol. The van der Waals surface area contributed by atoms with Gasteiger partial charge in [0.25, 0.3) is 0 Å². The molecule has 2 rings (SSSR count). The van der Waals surface area contributed by atoms with E-state index in [0.717, 1.165) is 6.07 Å². The maximum Gasteiger partial charge on any atom is 0.161 e. The first-order valence-corrected chi connectivity index (χ1v) is 4.83. The molecule has 0 fully saturated rings. The zero-order chi connectivity index (χ0) is 12.4. The Morgan fingerprint density at radius 1 is 0.824 bits per heavy atom. The number of nitrogens with two attached hydrogens (primary N) is 1. The van der Waals surface area contributed by atoms with Gasteiger partial charge in [-0.3, -0.25) is 0 Å². The summed E-state index contributed by atoms with van der Waals surface area (Å²) in [4.78, 5) is 0. The summed E-state index contributed by atoms with van der Waals surface area (Å²) in [6.07, 6.45) is 0. The predicted molar refractivity (Wildman–Crippen MR) is 60.5 cm³/mol. The van der Waals surface area contributed by atoms with E-state index < -0.39 is 17.5 Å². The Morgan fingerprint density at radius 2 is 1.41 bits per heavy atom. The summed E-state index contributed by atoms with van der Waals surface area (Å²) in [5, 5.41) is 2.63. The molecule has 0 aliphatic rings. The standard InChI is InChI=1S/C12H9F3N2/c13-9-5-11(15)12(6-10(9)14)17-8-3-1-7(16)2-4-8/h1-6,17H,16H2. The van der Waals surface area contributed by atoms with E-state index in [1.165, 1.54) is 0 Å². The van der Waals surface area contributed by atoms with Crippen molar-refractivity contribution in [3.8, 4) is 0 Å². The summed E-state index contributed by atoms with van der Waals surface area (Å²) in [5.41, 5.74) is 6.44. The van der Waals surface area contributed by atoms with Gasteiger partial charge in [-0.2, -0.15) is 0 Å². The molecule has 2 aromatic rings. The van der Waals surface area contributed by atoms with Crippen LogP contribution < -0.4 is 11.1 Å². The maximum atomic E-state index is 13.3. The molecule has 0 spiro atoms. The number of hydrogen-bond acceptors (Lipinski definition) is 2. The van der Waals surface area contributed by atoms with E-state index in [1.807, 2.05) is 0 Å². The van der Waals surface area contributed by atoms with Crippen LogP contribution in [-0.2, 0) is 0 Å². The molecular formula is C12H9F3N2. The van der Waals surface area contributed by atoms with Gasteiger partial charge in [0.2, 0.25) is 0 Å². The fraction of sp³-hybridized carbons (Fsp3) is 0. The molecule has 0 heterocycles. The van der Waals surface area contributed by atoms with Gasteiger partial charge in [0.15, 0.2) is 11.6 Å². The third kappa shape index (κ3) is 2.50. The highest BCUT2D eigenvalue weighted by atomic mass is 19.2. The molecule has 0 saturated heterocycles. The van der Waals surface area contributed by atoms with Crippen molar-refractivity contribution in [1.82, 2.24) is 0 Å². The van der Waals surface area contributed by atoms with Crippen molar-refractivity contribution in [3.63, 3.8) is 0 Å². The van der Waals surface area contributed by atoms with Gasteiger partial charge >= 0.3 is 0 Å². The van der Waals surface area contributed by atoms with Gasteiger partial charge in [-0.15, -0.1) is 0 Å². The lowest BCUT2D eigenvalue weighted by Gasteiger charge is -2.08. The van der Waals surface area contributed by atoms with Gasteiger partial charge in [0.1, 0.15) is 5.82 Å². The lowest BCUT2D eigenvalue weighted by Crippen LogP contribution is -1.97. The average Bonchev–Trinajstić information content (AvgIpc) is 2.29. The van der Waals surface area contributed by atoms with Gasteiger partial charge in [0.05, 0.1) is 5.69 Å². The van der Waals surface area contributed by atoms with Crippen molar-refractivity contribution in [2.45, 2.75) is 0 Å². The van der Waals surface area contributed by atoms with E-state index in [-0.39, 0.29) is 5.69 Å². The Balaban J connectivity index is 2.30. The number of benzene rings is 2. The highest BCUT2D eigenvalue weighted by molar-refractivity contribution is 5.62. The minimum atomic E-state index is -1.22. The van der Waals surface area contributed by atoms with Crippen molar-refractivity contribution in [1.29, 1.82) is 0 Å². The SMILES string of the molecule is Nc1ccc(Nc2cc(F)c(F)cc2F)cc1. The largest absolute Gasteiger partial charge is 0.399 e. The van der Waals surface area contributed by atoms with Crippen molar-refractivity contribution >= 4 is 17.1 Å². The minimum absolute atomic E-state index is 0.131.